The molecule has 1 aromatic heterocycles. The summed E-state index contributed by atoms with van der Waals surface area (Å²) in [5.41, 5.74) is 2.21. The van der Waals surface area contributed by atoms with Gasteiger partial charge in [0.25, 0.3) is 5.69 Å². The molecule has 0 saturated heterocycles. The van der Waals surface area contributed by atoms with Gasteiger partial charge in [-0.1, -0.05) is 60.7 Å². The Bertz CT molecular complexity index is 1060. The molecule has 0 aliphatic heterocycles. The number of nitrogens with one attached hydrogen (secondary N) is 2. The Morgan fingerprint density at radius 2 is 1.97 bits per heavy atom. The Hall–Kier alpha value is -2.69. The number of aromatic nitrogens is 2. The van der Waals surface area contributed by atoms with Crippen molar-refractivity contribution in [2.75, 3.05) is 16.4 Å². The van der Waals surface area contributed by atoms with E-state index in [9.17, 15) is 14.9 Å². The summed E-state index contributed by atoms with van der Waals surface area (Å²) in [5, 5.41) is 25.6. The van der Waals surface area contributed by atoms with Crippen LogP contribution in [0.25, 0.3) is 0 Å². The maximum atomic E-state index is 12.2. The largest absolute Gasteiger partial charge is 0.330 e. The van der Waals surface area contributed by atoms with Gasteiger partial charge in [0.2, 0.25) is 11.0 Å². The molecule has 2 aromatic carbocycles. The summed E-state index contributed by atoms with van der Waals surface area (Å²) in [7, 11) is 0. The molecule has 3 aromatic rings. The lowest BCUT2D eigenvalue weighted by Gasteiger charge is -2.07. The van der Waals surface area contributed by atoms with E-state index in [0.29, 0.717) is 15.4 Å². The van der Waals surface area contributed by atoms with E-state index in [2.05, 4.69) is 46.8 Å². The maximum Gasteiger partial charge on any atom is 0.271 e. The van der Waals surface area contributed by atoms with Crippen LogP contribution in [0.1, 0.15) is 25.3 Å². The number of thioether (sulfide) groups is 1. The fraction of sp³-hybridized carbons (Fsp3) is 0.211. The van der Waals surface area contributed by atoms with Gasteiger partial charge in [0.1, 0.15) is 0 Å². The fourth-order valence-electron chi connectivity index (χ4n) is 2.43. The third-order valence-corrected chi connectivity index (χ3v) is 6.30. The van der Waals surface area contributed by atoms with Crippen molar-refractivity contribution in [2.24, 2.45) is 0 Å². The van der Waals surface area contributed by atoms with Gasteiger partial charge >= 0.3 is 0 Å². The van der Waals surface area contributed by atoms with Gasteiger partial charge in [-0.15, -0.1) is 10.2 Å². The highest BCUT2D eigenvalue weighted by Crippen LogP contribution is 2.30. The van der Waals surface area contributed by atoms with Crippen LogP contribution in [0.4, 0.5) is 22.2 Å². The van der Waals surface area contributed by atoms with Gasteiger partial charge in [-0.25, -0.2) is 0 Å². The second-order valence-corrected chi connectivity index (χ2v) is 9.14. The van der Waals surface area contributed by atoms with Crippen LogP contribution in [0.5, 0.6) is 0 Å². The van der Waals surface area contributed by atoms with E-state index >= 15 is 0 Å². The monoisotopic (exact) mass is 463 g/mol. The minimum atomic E-state index is -0.549. The molecule has 30 heavy (non-hydrogen) atoms. The highest BCUT2D eigenvalue weighted by atomic mass is 35.5. The number of nitro groups is 1. The molecule has 3 rings (SSSR count). The number of nitro benzene ring substituents is 1. The van der Waals surface area contributed by atoms with Gasteiger partial charge in [0.15, 0.2) is 4.34 Å². The van der Waals surface area contributed by atoms with Crippen LogP contribution in [-0.4, -0.2) is 26.8 Å². The van der Waals surface area contributed by atoms with Crippen molar-refractivity contribution in [2.45, 2.75) is 24.1 Å². The van der Waals surface area contributed by atoms with Gasteiger partial charge in [-0.2, -0.15) is 0 Å². The third kappa shape index (κ3) is 5.91. The molecule has 2 N–H and O–H groups in total. The lowest BCUT2D eigenvalue weighted by atomic mass is 10.0. The molecular weight excluding hydrogens is 446 g/mol. The van der Waals surface area contributed by atoms with Crippen molar-refractivity contribution >= 4 is 62.8 Å². The van der Waals surface area contributed by atoms with Crippen LogP contribution in [0.2, 0.25) is 5.02 Å². The fourth-order valence-corrected chi connectivity index (χ4v) is 4.17. The van der Waals surface area contributed by atoms with Crippen LogP contribution < -0.4 is 10.6 Å². The number of carbonyl (C=O) groups is 1. The predicted octanol–water partition coefficient (Wildman–Crippen LogP) is 5.70. The number of hydrogen-bond acceptors (Lipinski definition) is 8. The Labute approximate surface area is 186 Å². The molecule has 0 unspecified atom stereocenters. The molecule has 0 spiro atoms. The zero-order valence-electron chi connectivity index (χ0n) is 16.1. The third-order valence-electron chi connectivity index (χ3n) is 4.00. The zero-order chi connectivity index (χ0) is 21.7. The van der Waals surface area contributed by atoms with Crippen LogP contribution in [-0.2, 0) is 4.79 Å². The first kappa shape index (κ1) is 22.0. The smallest absolute Gasteiger partial charge is 0.271 e. The van der Waals surface area contributed by atoms with Gasteiger partial charge in [-0.05, 0) is 29.7 Å². The lowest BCUT2D eigenvalue weighted by Crippen LogP contribution is -2.14. The summed E-state index contributed by atoms with van der Waals surface area (Å²) in [4.78, 5) is 22.5. The second kappa shape index (κ2) is 9.88. The first-order valence-corrected chi connectivity index (χ1v) is 11.1. The quantitative estimate of drug-likeness (QED) is 0.250. The maximum absolute atomic E-state index is 12.2. The van der Waals surface area contributed by atoms with Crippen molar-refractivity contribution in [3.63, 3.8) is 0 Å². The predicted molar refractivity (Wildman–Crippen MR) is 121 cm³/mol. The van der Waals surface area contributed by atoms with E-state index in [0.717, 1.165) is 5.69 Å². The Morgan fingerprint density at radius 1 is 1.23 bits per heavy atom. The number of anilines is 3. The lowest BCUT2D eigenvalue weighted by molar-refractivity contribution is -0.384. The summed E-state index contributed by atoms with van der Waals surface area (Å²) in [6.45, 7) is 4.28. The number of rotatable bonds is 8. The highest BCUT2D eigenvalue weighted by Gasteiger charge is 2.13. The molecule has 156 valence electrons. The summed E-state index contributed by atoms with van der Waals surface area (Å²) < 4.78 is 0.622. The van der Waals surface area contributed by atoms with Crippen molar-refractivity contribution in [3.8, 4) is 0 Å². The van der Waals surface area contributed by atoms with Crippen molar-refractivity contribution < 1.29 is 9.72 Å². The molecule has 11 heteroatoms. The number of amides is 1. The van der Waals surface area contributed by atoms with Crippen molar-refractivity contribution in [3.05, 3.63) is 63.2 Å². The summed E-state index contributed by atoms with van der Waals surface area (Å²) in [5.74, 6) is 0.180. The molecule has 0 saturated carbocycles. The average Bonchev–Trinajstić information content (AvgIpc) is 3.15. The van der Waals surface area contributed by atoms with Gasteiger partial charge < -0.3 is 10.6 Å². The molecule has 8 nitrogen and oxygen atoms in total. The van der Waals surface area contributed by atoms with E-state index in [-0.39, 0.29) is 28.1 Å². The number of non-ortho nitro benzene ring substituents is 1. The van der Waals surface area contributed by atoms with E-state index < -0.39 is 4.92 Å². The SMILES string of the molecule is CC(C)c1ccc(Nc2nnc(SCC(=O)Nc3cc([N+](=O)[O-])ccc3Cl)s2)cc1. The Balaban J connectivity index is 1.54. The number of halogens is 1. The van der Waals surface area contributed by atoms with Crippen molar-refractivity contribution in [1.82, 2.24) is 10.2 Å². The van der Waals surface area contributed by atoms with E-state index in [4.69, 9.17) is 11.6 Å². The number of nitrogens with zero attached hydrogens (tertiary/aromatic N) is 3. The molecule has 1 heterocycles. The minimum Gasteiger partial charge on any atom is -0.330 e. The molecule has 1 amide bonds. The number of benzene rings is 2. The van der Waals surface area contributed by atoms with E-state index in [1.165, 1.54) is 46.9 Å². The van der Waals surface area contributed by atoms with Crippen molar-refractivity contribution in [1.29, 1.82) is 0 Å². The standard InChI is InChI=1S/C19H18ClN5O3S2/c1-11(2)12-3-5-13(6-4-12)21-18-23-24-19(30-18)29-10-17(26)22-16-9-14(25(27)28)7-8-15(16)20/h3-9,11H,10H2,1-2H3,(H,21,23)(H,22,26). The normalized spacial score (nSPS) is 10.8. The van der Waals surface area contributed by atoms with Gasteiger partial charge in [0, 0.05) is 17.8 Å². The average molecular weight is 464 g/mol. The molecule has 0 aliphatic carbocycles. The minimum absolute atomic E-state index is 0.0662. The first-order valence-electron chi connectivity index (χ1n) is 8.89. The van der Waals surface area contributed by atoms with Gasteiger partial charge in [0.05, 0.1) is 21.4 Å². The first-order chi connectivity index (χ1) is 14.3. The number of carbonyl (C=O) groups excluding carboxylic acids is 1. The van der Waals surface area contributed by atoms with Crippen LogP contribution in [0.15, 0.2) is 46.8 Å². The topological polar surface area (TPSA) is 110 Å². The highest BCUT2D eigenvalue weighted by molar-refractivity contribution is 8.01. The molecular formula is C19H18ClN5O3S2. The molecule has 0 atom stereocenters. The molecule has 0 bridgehead atoms. The zero-order valence-corrected chi connectivity index (χ0v) is 18.5. The van der Waals surface area contributed by atoms with E-state index in [1.807, 2.05) is 12.1 Å². The molecule has 0 fully saturated rings. The van der Waals surface area contributed by atoms with Gasteiger partial charge in [-0.3, -0.25) is 14.9 Å². The molecule has 0 aliphatic rings. The molecule has 0 radical (unpaired) electrons. The van der Waals surface area contributed by atoms with Crippen LogP contribution >= 0.6 is 34.7 Å². The Morgan fingerprint density at radius 3 is 2.63 bits per heavy atom. The number of hydrogen-bond donors (Lipinski definition) is 2. The van der Waals surface area contributed by atoms with Crippen LogP contribution in [0, 0.1) is 10.1 Å². The van der Waals surface area contributed by atoms with E-state index in [1.54, 1.807) is 0 Å². The summed E-state index contributed by atoms with van der Waals surface area (Å²) >= 11 is 8.54. The van der Waals surface area contributed by atoms with Crippen LogP contribution in [0.3, 0.4) is 0 Å². The summed E-state index contributed by atoms with van der Waals surface area (Å²) in [6.07, 6.45) is 0. The Kier molecular flexibility index (Phi) is 7.24. The summed E-state index contributed by atoms with van der Waals surface area (Å²) in [6, 6.07) is 12.0. The second-order valence-electron chi connectivity index (χ2n) is 6.53.